The van der Waals surface area contributed by atoms with Gasteiger partial charge in [0, 0.05) is 0 Å². The molecule has 0 aliphatic carbocycles. The van der Waals surface area contributed by atoms with E-state index in [9.17, 15) is 13.2 Å². The van der Waals surface area contributed by atoms with Crippen molar-refractivity contribution in [2.45, 2.75) is 39.4 Å². The third-order valence-corrected chi connectivity index (χ3v) is 1.63. The van der Waals surface area contributed by atoms with Crippen molar-refractivity contribution < 1.29 is 13.2 Å². The Morgan fingerprint density at radius 2 is 1.75 bits per heavy atom. The first-order chi connectivity index (χ1) is 5.39. The smallest absolute Gasteiger partial charge is 0.306 e. The molecule has 0 amide bonds. The number of hydrogen-bond acceptors (Lipinski definition) is 1. The van der Waals surface area contributed by atoms with Gasteiger partial charge in [0.25, 0.3) is 0 Å². The fourth-order valence-corrected chi connectivity index (χ4v) is 1.03. The van der Waals surface area contributed by atoms with Crippen molar-refractivity contribution in [3.05, 3.63) is 0 Å². The zero-order chi connectivity index (χ0) is 9.78. The summed E-state index contributed by atoms with van der Waals surface area (Å²) in [5.74, 6) is -0.406. The quantitative estimate of drug-likeness (QED) is 0.706. The van der Waals surface area contributed by atoms with Gasteiger partial charge in [0.15, 0.2) is 0 Å². The highest BCUT2D eigenvalue weighted by molar-refractivity contribution is 4.77. The van der Waals surface area contributed by atoms with Gasteiger partial charge in [-0.15, -0.1) is 0 Å². The van der Waals surface area contributed by atoms with E-state index in [1.807, 2.05) is 6.92 Å². The first-order valence-corrected chi connectivity index (χ1v) is 4.19. The van der Waals surface area contributed by atoms with Crippen molar-refractivity contribution in [2.24, 2.45) is 5.92 Å². The minimum absolute atomic E-state index is 0.406. The molecule has 0 spiro atoms. The van der Waals surface area contributed by atoms with Crippen molar-refractivity contribution in [3.63, 3.8) is 0 Å². The van der Waals surface area contributed by atoms with E-state index in [0.29, 0.717) is 6.54 Å². The fourth-order valence-electron chi connectivity index (χ4n) is 1.03. The molecule has 0 bridgehead atoms. The van der Waals surface area contributed by atoms with Gasteiger partial charge in [-0.3, -0.25) is 0 Å². The minimum Gasteiger partial charge on any atom is -0.306 e. The number of nitrogens with one attached hydrogen (secondary N) is 1. The number of alkyl halides is 3. The molecule has 0 rings (SSSR count). The molecule has 0 aliphatic rings. The standard InChI is InChI=1S/C8H16F3N/c1-4-5-12-7(6(2)3)8(9,10)11/h6-7,12H,4-5H2,1-3H3/t7-/m0/s1. The van der Waals surface area contributed by atoms with Crippen LogP contribution >= 0.6 is 0 Å². The van der Waals surface area contributed by atoms with Gasteiger partial charge in [-0.25, -0.2) is 0 Å². The van der Waals surface area contributed by atoms with Gasteiger partial charge in [-0.05, 0) is 18.9 Å². The molecule has 0 saturated carbocycles. The molecule has 0 aromatic heterocycles. The summed E-state index contributed by atoms with van der Waals surface area (Å²) in [6.07, 6.45) is -3.40. The van der Waals surface area contributed by atoms with Crippen LogP contribution in [0.1, 0.15) is 27.2 Å². The zero-order valence-electron chi connectivity index (χ0n) is 7.70. The van der Waals surface area contributed by atoms with Gasteiger partial charge in [0.1, 0.15) is 6.04 Å². The van der Waals surface area contributed by atoms with Crippen LogP contribution in [0.2, 0.25) is 0 Å². The summed E-state index contributed by atoms with van der Waals surface area (Å²) < 4.78 is 36.7. The number of halogens is 3. The average molecular weight is 183 g/mol. The largest absolute Gasteiger partial charge is 0.404 e. The Balaban J connectivity index is 4.05. The second-order valence-corrected chi connectivity index (χ2v) is 3.22. The van der Waals surface area contributed by atoms with Crippen molar-refractivity contribution in [3.8, 4) is 0 Å². The lowest BCUT2D eigenvalue weighted by Gasteiger charge is -2.24. The molecule has 0 aromatic carbocycles. The van der Waals surface area contributed by atoms with Crippen LogP contribution in [-0.4, -0.2) is 18.8 Å². The van der Waals surface area contributed by atoms with E-state index < -0.39 is 18.1 Å². The van der Waals surface area contributed by atoms with Crippen LogP contribution in [0.5, 0.6) is 0 Å². The predicted octanol–water partition coefficient (Wildman–Crippen LogP) is 2.57. The van der Waals surface area contributed by atoms with Crippen LogP contribution in [0.25, 0.3) is 0 Å². The van der Waals surface area contributed by atoms with Gasteiger partial charge < -0.3 is 5.32 Å². The molecule has 1 atom stereocenters. The molecular formula is C8H16F3N. The van der Waals surface area contributed by atoms with Crippen molar-refractivity contribution in [2.75, 3.05) is 6.54 Å². The lowest BCUT2D eigenvalue weighted by Crippen LogP contribution is -2.46. The monoisotopic (exact) mass is 183 g/mol. The second-order valence-electron chi connectivity index (χ2n) is 3.22. The summed E-state index contributed by atoms with van der Waals surface area (Å²) in [6.45, 7) is 5.41. The van der Waals surface area contributed by atoms with E-state index >= 15 is 0 Å². The van der Waals surface area contributed by atoms with Gasteiger partial charge in [-0.1, -0.05) is 20.8 Å². The van der Waals surface area contributed by atoms with Crippen LogP contribution in [0.4, 0.5) is 13.2 Å². The van der Waals surface area contributed by atoms with Crippen LogP contribution in [0.15, 0.2) is 0 Å². The summed E-state index contributed by atoms with van der Waals surface area (Å²) in [5.41, 5.74) is 0. The van der Waals surface area contributed by atoms with Crippen LogP contribution in [-0.2, 0) is 0 Å². The Bertz CT molecular complexity index is 120. The minimum atomic E-state index is -4.12. The van der Waals surface area contributed by atoms with Crippen LogP contribution in [0, 0.1) is 5.92 Å². The van der Waals surface area contributed by atoms with E-state index in [4.69, 9.17) is 0 Å². The summed E-state index contributed by atoms with van der Waals surface area (Å²) in [4.78, 5) is 0. The Labute approximate surface area is 71.3 Å². The topological polar surface area (TPSA) is 12.0 Å². The molecule has 12 heavy (non-hydrogen) atoms. The van der Waals surface area contributed by atoms with Gasteiger partial charge in [0.05, 0.1) is 0 Å². The first-order valence-electron chi connectivity index (χ1n) is 4.19. The van der Waals surface area contributed by atoms with Crippen molar-refractivity contribution >= 4 is 0 Å². The summed E-state index contributed by atoms with van der Waals surface area (Å²) in [7, 11) is 0. The Morgan fingerprint density at radius 1 is 1.25 bits per heavy atom. The SMILES string of the molecule is CCCN[C@@H](C(C)C)C(F)(F)F. The van der Waals surface area contributed by atoms with Crippen LogP contribution in [0.3, 0.4) is 0 Å². The highest BCUT2D eigenvalue weighted by Crippen LogP contribution is 2.25. The molecule has 0 radical (unpaired) electrons. The average Bonchev–Trinajstić information content (AvgIpc) is 1.84. The Hall–Kier alpha value is -0.250. The summed E-state index contributed by atoms with van der Waals surface area (Å²) in [6, 6.07) is -1.36. The maximum absolute atomic E-state index is 12.2. The molecule has 1 N–H and O–H groups in total. The van der Waals surface area contributed by atoms with E-state index in [2.05, 4.69) is 5.32 Å². The third-order valence-electron chi connectivity index (χ3n) is 1.63. The Kier molecular flexibility index (Phi) is 4.60. The normalized spacial score (nSPS) is 15.2. The van der Waals surface area contributed by atoms with Crippen LogP contribution < -0.4 is 5.32 Å². The maximum atomic E-state index is 12.2. The predicted molar refractivity (Wildman–Crippen MR) is 43.0 cm³/mol. The van der Waals surface area contributed by atoms with Gasteiger partial charge >= 0.3 is 6.18 Å². The highest BCUT2D eigenvalue weighted by atomic mass is 19.4. The lowest BCUT2D eigenvalue weighted by atomic mass is 10.0. The number of hydrogen-bond donors (Lipinski definition) is 1. The summed E-state index contributed by atoms with van der Waals surface area (Å²) >= 11 is 0. The van der Waals surface area contributed by atoms with E-state index in [-0.39, 0.29) is 0 Å². The van der Waals surface area contributed by atoms with E-state index in [1.54, 1.807) is 13.8 Å². The molecule has 74 valence electrons. The molecule has 0 heterocycles. The molecule has 0 unspecified atom stereocenters. The fraction of sp³-hybridized carbons (Fsp3) is 1.00. The van der Waals surface area contributed by atoms with E-state index in [1.165, 1.54) is 0 Å². The molecule has 0 saturated heterocycles. The highest BCUT2D eigenvalue weighted by Gasteiger charge is 2.40. The first kappa shape index (κ1) is 11.8. The third kappa shape index (κ3) is 3.95. The second kappa shape index (κ2) is 4.70. The summed E-state index contributed by atoms with van der Waals surface area (Å²) in [5, 5.41) is 2.48. The zero-order valence-corrected chi connectivity index (χ0v) is 7.70. The van der Waals surface area contributed by atoms with Crippen molar-refractivity contribution in [1.29, 1.82) is 0 Å². The Morgan fingerprint density at radius 3 is 2.00 bits per heavy atom. The number of rotatable bonds is 4. The maximum Gasteiger partial charge on any atom is 0.404 e. The van der Waals surface area contributed by atoms with E-state index in [0.717, 1.165) is 6.42 Å². The molecule has 0 fully saturated rings. The molecular weight excluding hydrogens is 167 g/mol. The van der Waals surface area contributed by atoms with Gasteiger partial charge in [-0.2, -0.15) is 13.2 Å². The van der Waals surface area contributed by atoms with Gasteiger partial charge in [0.2, 0.25) is 0 Å². The molecule has 0 aromatic rings. The molecule has 4 heteroatoms. The lowest BCUT2D eigenvalue weighted by molar-refractivity contribution is -0.165. The molecule has 1 nitrogen and oxygen atoms in total. The molecule has 0 aliphatic heterocycles. The van der Waals surface area contributed by atoms with Crippen molar-refractivity contribution in [1.82, 2.24) is 5.32 Å².